The lowest BCUT2D eigenvalue weighted by molar-refractivity contribution is -0.122. The quantitative estimate of drug-likeness (QED) is 0.398. The van der Waals surface area contributed by atoms with Crippen LogP contribution < -0.4 is 4.74 Å². The van der Waals surface area contributed by atoms with Gasteiger partial charge >= 0.3 is 0 Å². The van der Waals surface area contributed by atoms with Crippen molar-refractivity contribution < 1.29 is 9.53 Å². The third-order valence-electron chi connectivity index (χ3n) is 4.33. The maximum absolute atomic E-state index is 13.1. The van der Waals surface area contributed by atoms with Crippen molar-refractivity contribution in [2.75, 3.05) is 25.2 Å². The number of nitrogens with zero attached hydrogens (tertiary/aromatic N) is 2. The van der Waals surface area contributed by atoms with Gasteiger partial charge in [-0.3, -0.25) is 9.69 Å². The largest absolute Gasteiger partial charge is 0.494 e. The molecule has 0 aliphatic carbocycles. The Kier molecular flexibility index (Phi) is 7.83. The molecule has 1 saturated heterocycles. The number of carbonyl (C=O) groups excluding carboxylic acids is 1. The molecule has 0 unspecified atom stereocenters. The van der Waals surface area contributed by atoms with E-state index in [1.54, 1.807) is 11.8 Å². The molecule has 1 fully saturated rings. The second-order valence-corrected chi connectivity index (χ2v) is 8.64. The molecule has 3 rings (SSSR count). The summed E-state index contributed by atoms with van der Waals surface area (Å²) in [6.07, 6.45) is 4.96. The predicted octanol–water partition coefficient (Wildman–Crippen LogP) is 5.75. The van der Waals surface area contributed by atoms with E-state index in [0.29, 0.717) is 18.1 Å². The van der Waals surface area contributed by atoms with Crippen LogP contribution in [0.3, 0.4) is 0 Å². The molecule has 1 amide bonds. The maximum atomic E-state index is 13.1. The normalized spacial score (nSPS) is 16.8. The van der Waals surface area contributed by atoms with Gasteiger partial charge in [0.25, 0.3) is 5.91 Å². The van der Waals surface area contributed by atoms with Crippen molar-refractivity contribution in [3.05, 3.63) is 64.6 Å². The van der Waals surface area contributed by atoms with E-state index >= 15 is 0 Å². The van der Waals surface area contributed by atoms with E-state index in [1.807, 2.05) is 73.4 Å². The highest BCUT2D eigenvalue weighted by molar-refractivity contribution is 8.18. The second-order valence-electron chi connectivity index (χ2n) is 6.65. The van der Waals surface area contributed by atoms with Crippen molar-refractivity contribution in [1.29, 1.82) is 0 Å². The highest BCUT2D eigenvalue weighted by Crippen LogP contribution is 2.34. The lowest BCUT2D eigenvalue weighted by Crippen LogP contribution is -2.30. The van der Waals surface area contributed by atoms with Crippen LogP contribution in [0.1, 0.15) is 24.5 Å². The highest BCUT2D eigenvalue weighted by atomic mass is 32.2. The van der Waals surface area contributed by atoms with E-state index in [2.05, 4.69) is 6.26 Å². The van der Waals surface area contributed by atoms with Crippen LogP contribution in [-0.4, -0.2) is 41.1 Å². The number of amides is 1. The van der Waals surface area contributed by atoms with E-state index in [1.165, 1.54) is 11.8 Å². The van der Waals surface area contributed by atoms with Gasteiger partial charge in [-0.15, -0.1) is 0 Å². The minimum Gasteiger partial charge on any atom is -0.494 e. The number of hydrogen-bond acceptors (Lipinski definition) is 5. The second kappa shape index (κ2) is 10.6. The molecule has 1 aliphatic rings. The Morgan fingerprint density at radius 3 is 2.69 bits per heavy atom. The Morgan fingerprint density at radius 2 is 2.00 bits per heavy atom. The van der Waals surface area contributed by atoms with Gasteiger partial charge in [0.2, 0.25) is 0 Å². The van der Waals surface area contributed by atoms with Crippen LogP contribution in [0.25, 0.3) is 6.08 Å². The summed E-state index contributed by atoms with van der Waals surface area (Å²) in [6, 6.07) is 15.8. The standard InChI is InChI=1S/C23H26N2O2S2/c1-4-27-20-11-9-18(10-12-20)16-21-22(26)25(13-6-14-28-3)23(29-21)24-19-8-5-7-17(2)15-19/h5,7-12,15-16H,4,6,13-14H2,1-3H3/b21-16-,24-23?. The number of benzene rings is 2. The van der Waals surface area contributed by atoms with E-state index in [0.717, 1.165) is 39.9 Å². The minimum atomic E-state index is 0.0244. The van der Waals surface area contributed by atoms with Gasteiger partial charge in [-0.2, -0.15) is 11.8 Å². The molecule has 1 aliphatic heterocycles. The fourth-order valence-electron chi connectivity index (χ4n) is 2.94. The number of aryl methyl sites for hydroxylation is 1. The molecular weight excluding hydrogens is 400 g/mol. The number of thioether (sulfide) groups is 2. The van der Waals surface area contributed by atoms with Crippen LogP contribution >= 0.6 is 23.5 Å². The number of rotatable bonds is 8. The van der Waals surface area contributed by atoms with Crippen molar-refractivity contribution in [1.82, 2.24) is 4.90 Å². The number of amidine groups is 1. The topological polar surface area (TPSA) is 41.9 Å². The van der Waals surface area contributed by atoms with Crippen LogP contribution in [0.15, 0.2) is 58.4 Å². The molecule has 0 atom stereocenters. The van der Waals surface area contributed by atoms with Crippen molar-refractivity contribution in [2.45, 2.75) is 20.3 Å². The molecule has 4 nitrogen and oxygen atoms in total. The zero-order chi connectivity index (χ0) is 20.6. The molecule has 0 spiro atoms. The van der Waals surface area contributed by atoms with E-state index in [-0.39, 0.29) is 5.91 Å². The summed E-state index contributed by atoms with van der Waals surface area (Å²) in [5.74, 6) is 1.88. The molecule has 0 aromatic heterocycles. The van der Waals surface area contributed by atoms with Gasteiger partial charge in [0.05, 0.1) is 17.2 Å². The third-order valence-corrected chi connectivity index (χ3v) is 6.04. The number of ether oxygens (including phenoxy) is 1. The molecule has 0 radical (unpaired) electrons. The van der Waals surface area contributed by atoms with Crippen molar-refractivity contribution in [2.24, 2.45) is 4.99 Å². The maximum Gasteiger partial charge on any atom is 0.266 e. The average molecular weight is 427 g/mol. The zero-order valence-electron chi connectivity index (χ0n) is 17.1. The first-order valence-electron chi connectivity index (χ1n) is 9.69. The zero-order valence-corrected chi connectivity index (χ0v) is 18.7. The van der Waals surface area contributed by atoms with Crippen molar-refractivity contribution >= 4 is 46.4 Å². The van der Waals surface area contributed by atoms with E-state index in [4.69, 9.17) is 9.73 Å². The monoisotopic (exact) mass is 426 g/mol. The highest BCUT2D eigenvalue weighted by Gasteiger charge is 2.33. The molecule has 0 N–H and O–H groups in total. The van der Waals surface area contributed by atoms with Gasteiger partial charge in [-0.25, -0.2) is 4.99 Å². The van der Waals surface area contributed by atoms with Gasteiger partial charge in [-0.1, -0.05) is 24.3 Å². The van der Waals surface area contributed by atoms with Gasteiger partial charge in [-0.05, 0) is 85.5 Å². The first-order valence-corrected chi connectivity index (χ1v) is 11.9. The molecular formula is C23H26N2O2S2. The molecule has 2 aromatic carbocycles. The minimum absolute atomic E-state index is 0.0244. The fraction of sp³-hybridized carbons (Fsp3) is 0.304. The molecule has 0 saturated carbocycles. The lowest BCUT2D eigenvalue weighted by atomic mass is 10.2. The van der Waals surface area contributed by atoms with Crippen LogP contribution in [0.2, 0.25) is 0 Å². The van der Waals surface area contributed by atoms with Gasteiger partial charge in [0.1, 0.15) is 5.75 Å². The summed E-state index contributed by atoms with van der Waals surface area (Å²) >= 11 is 3.24. The Balaban J connectivity index is 1.86. The van der Waals surface area contributed by atoms with Crippen LogP contribution in [-0.2, 0) is 4.79 Å². The summed E-state index contributed by atoms with van der Waals surface area (Å²) in [4.78, 5) is 20.4. The summed E-state index contributed by atoms with van der Waals surface area (Å²) < 4.78 is 5.49. The van der Waals surface area contributed by atoms with Crippen molar-refractivity contribution in [3.8, 4) is 5.75 Å². The average Bonchev–Trinajstić information content (AvgIpc) is 2.99. The third kappa shape index (κ3) is 5.90. The predicted molar refractivity (Wildman–Crippen MR) is 126 cm³/mol. The van der Waals surface area contributed by atoms with Crippen LogP contribution in [0.4, 0.5) is 5.69 Å². The molecule has 152 valence electrons. The fourth-order valence-corrected chi connectivity index (χ4v) is 4.38. The molecule has 2 aromatic rings. The number of hydrogen-bond donors (Lipinski definition) is 0. The molecule has 29 heavy (non-hydrogen) atoms. The van der Waals surface area contributed by atoms with Gasteiger partial charge in [0, 0.05) is 6.54 Å². The van der Waals surface area contributed by atoms with E-state index < -0.39 is 0 Å². The summed E-state index contributed by atoms with van der Waals surface area (Å²) in [6.45, 7) is 5.32. The summed E-state index contributed by atoms with van der Waals surface area (Å²) in [7, 11) is 0. The van der Waals surface area contributed by atoms with E-state index in [9.17, 15) is 4.79 Å². The Morgan fingerprint density at radius 1 is 1.21 bits per heavy atom. The van der Waals surface area contributed by atoms with Gasteiger partial charge in [0.15, 0.2) is 5.17 Å². The summed E-state index contributed by atoms with van der Waals surface area (Å²) in [5, 5.41) is 0.749. The smallest absolute Gasteiger partial charge is 0.266 e. The van der Waals surface area contributed by atoms with Crippen molar-refractivity contribution in [3.63, 3.8) is 0 Å². The summed E-state index contributed by atoms with van der Waals surface area (Å²) in [5.41, 5.74) is 3.00. The first kappa shape index (κ1) is 21.5. The Hall–Kier alpha value is -2.18. The van der Waals surface area contributed by atoms with Crippen LogP contribution in [0, 0.1) is 6.92 Å². The Bertz CT molecular complexity index is 907. The molecule has 0 bridgehead atoms. The number of carbonyl (C=O) groups is 1. The van der Waals surface area contributed by atoms with Gasteiger partial charge < -0.3 is 4.74 Å². The molecule has 6 heteroatoms. The lowest BCUT2D eigenvalue weighted by Gasteiger charge is -2.15. The van der Waals surface area contributed by atoms with Crippen LogP contribution in [0.5, 0.6) is 5.75 Å². The molecule has 1 heterocycles. The first-order chi connectivity index (χ1) is 14.1. The number of aliphatic imine (C=N–C) groups is 1. The SMILES string of the molecule is CCOc1ccc(/C=C2\SC(=Nc3cccc(C)c3)N(CCCSC)C2=O)cc1. The Labute approximate surface area is 181 Å².